The molecule has 2 saturated carbocycles. The minimum atomic E-state index is 0.744. The summed E-state index contributed by atoms with van der Waals surface area (Å²) in [4.78, 5) is 1.34. The van der Waals surface area contributed by atoms with Crippen LogP contribution < -0.4 is 5.32 Å². The minimum Gasteiger partial charge on any atom is -0.310 e. The molecule has 0 saturated heterocycles. The Morgan fingerprint density at radius 3 is 2.61 bits per heavy atom. The molecule has 0 aliphatic heterocycles. The maximum absolute atomic E-state index is 6.37. The summed E-state index contributed by atoms with van der Waals surface area (Å²) in [5.74, 6) is 0. The summed E-state index contributed by atoms with van der Waals surface area (Å²) in [7, 11) is 0. The molecule has 0 atom stereocenters. The predicted octanol–water partition coefficient (Wildman–Crippen LogP) is 4.63. The average Bonchev–Trinajstić information content (AvgIpc) is 3.05. The van der Waals surface area contributed by atoms with E-state index in [1.165, 1.54) is 49.0 Å². The maximum Gasteiger partial charge on any atom is 0.0462 e. The Hall–Kier alpha value is -0.180. The highest BCUT2D eigenvalue weighted by Gasteiger charge is 2.20. The Morgan fingerprint density at radius 2 is 1.94 bits per heavy atom. The second kappa shape index (κ2) is 5.85. The fourth-order valence-electron chi connectivity index (χ4n) is 2.49. The van der Waals surface area contributed by atoms with Crippen molar-refractivity contribution in [1.82, 2.24) is 5.32 Å². The third-order valence-electron chi connectivity index (χ3n) is 3.79. The molecule has 2 aliphatic carbocycles. The molecular formula is C15H20ClNS. The van der Waals surface area contributed by atoms with Gasteiger partial charge in [0.05, 0.1) is 0 Å². The van der Waals surface area contributed by atoms with Gasteiger partial charge in [-0.1, -0.05) is 30.5 Å². The standard InChI is InChI=1S/C15H20ClNS/c16-15-9-14(18-13-3-1-2-4-13)8-5-11(15)10-17-12-6-7-12/h5,8-9,12-13,17H,1-4,6-7,10H2. The van der Waals surface area contributed by atoms with Gasteiger partial charge in [0.2, 0.25) is 0 Å². The number of benzene rings is 1. The van der Waals surface area contributed by atoms with Gasteiger partial charge in [-0.15, -0.1) is 11.8 Å². The molecule has 0 bridgehead atoms. The van der Waals surface area contributed by atoms with Crippen molar-refractivity contribution in [3.05, 3.63) is 28.8 Å². The summed E-state index contributed by atoms with van der Waals surface area (Å²) in [6.45, 7) is 0.915. The van der Waals surface area contributed by atoms with Gasteiger partial charge in [0.1, 0.15) is 0 Å². The van der Waals surface area contributed by atoms with Gasteiger partial charge < -0.3 is 5.32 Å². The highest BCUT2D eigenvalue weighted by molar-refractivity contribution is 8.00. The van der Waals surface area contributed by atoms with Gasteiger partial charge in [0.25, 0.3) is 0 Å². The lowest BCUT2D eigenvalue weighted by molar-refractivity contribution is 0.687. The van der Waals surface area contributed by atoms with Crippen molar-refractivity contribution in [3.8, 4) is 0 Å². The molecule has 1 aromatic carbocycles. The van der Waals surface area contributed by atoms with Gasteiger partial charge in [-0.3, -0.25) is 0 Å². The van der Waals surface area contributed by atoms with Crippen LogP contribution in [0.5, 0.6) is 0 Å². The first-order chi connectivity index (χ1) is 8.81. The summed E-state index contributed by atoms with van der Waals surface area (Å²) >= 11 is 8.37. The molecule has 0 unspecified atom stereocenters. The summed E-state index contributed by atoms with van der Waals surface area (Å²) in [5, 5.41) is 5.25. The van der Waals surface area contributed by atoms with E-state index in [-0.39, 0.29) is 0 Å². The topological polar surface area (TPSA) is 12.0 Å². The fraction of sp³-hybridized carbons (Fsp3) is 0.600. The van der Waals surface area contributed by atoms with E-state index in [1.54, 1.807) is 0 Å². The van der Waals surface area contributed by atoms with Crippen LogP contribution in [0.2, 0.25) is 5.02 Å². The van der Waals surface area contributed by atoms with Crippen molar-refractivity contribution in [2.24, 2.45) is 0 Å². The first-order valence-electron chi connectivity index (χ1n) is 7.00. The Bertz CT molecular complexity index is 411. The lowest BCUT2D eigenvalue weighted by Gasteiger charge is -2.11. The van der Waals surface area contributed by atoms with E-state index in [1.807, 2.05) is 11.8 Å². The number of hydrogen-bond donors (Lipinski definition) is 1. The molecule has 0 radical (unpaired) electrons. The van der Waals surface area contributed by atoms with Crippen molar-refractivity contribution < 1.29 is 0 Å². The summed E-state index contributed by atoms with van der Waals surface area (Å²) in [5.41, 5.74) is 1.24. The molecule has 0 aromatic heterocycles. The van der Waals surface area contributed by atoms with Crippen LogP contribution in [0.4, 0.5) is 0 Å². The molecule has 98 valence electrons. The van der Waals surface area contributed by atoms with Gasteiger partial charge >= 0.3 is 0 Å². The van der Waals surface area contributed by atoms with Crippen LogP contribution in [0.1, 0.15) is 44.1 Å². The SMILES string of the molecule is Clc1cc(SC2CCCC2)ccc1CNC1CC1. The summed E-state index contributed by atoms with van der Waals surface area (Å²) in [6.07, 6.45) is 8.19. The smallest absolute Gasteiger partial charge is 0.0462 e. The first-order valence-corrected chi connectivity index (χ1v) is 8.25. The number of rotatable bonds is 5. The zero-order chi connectivity index (χ0) is 12.4. The van der Waals surface area contributed by atoms with Gasteiger partial charge in [-0.25, -0.2) is 0 Å². The molecule has 0 amide bonds. The van der Waals surface area contributed by atoms with Gasteiger partial charge in [-0.2, -0.15) is 0 Å². The van der Waals surface area contributed by atoms with Crippen molar-refractivity contribution in [2.45, 2.75) is 61.3 Å². The van der Waals surface area contributed by atoms with E-state index >= 15 is 0 Å². The van der Waals surface area contributed by atoms with E-state index in [9.17, 15) is 0 Å². The molecule has 3 rings (SSSR count). The fourth-order valence-corrected chi connectivity index (χ4v) is 4.08. The molecule has 2 aliphatic rings. The Balaban J connectivity index is 1.59. The maximum atomic E-state index is 6.37. The number of halogens is 1. The van der Waals surface area contributed by atoms with Crippen LogP contribution in [-0.4, -0.2) is 11.3 Å². The number of nitrogens with one attached hydrogen (secondary N) is 1. The van der Waals surface area contributed by atoms with Crippen molar-refractivity contribution in [1.29, 1.82) is 0 Å². The normalized spacial score (nSPS) is 20.5. The van der Waals surface area contributed by atoms with Crippen LogP contribution >= 0.6 is 23.4 Å². The Labute approximate surface area is 119 Å². The third-order valence-corrected chi connectivity index (χ3v) is 5.47. The second-order valence-electron chi connectivity index (χ2n) is 5.43. The molecule has 18 heavy (non-hydrogen) atoms. The molecule has 1 aromatic rings. The second-order valence-corrected chi connectivity index (χ2v) is 7.21. The van der Waals surface area contributed by atoms with Crippen LogP contribution in [0, 0.1) is 0 Å². The van der Waals surface area contributed by atoms with E-state index in [4.69, 9.17) is 11.6 Å². The van der Waals surface area contributed by atoms with Gasteiger partial charge in [0, 0.05) is 27.8 Å². The lowest BCUT2D eigenvalue weighted by Crippen LogP contribution is -2.15. The minimum absolute atomic E-state index is 0.744. The monoisotopic (exact) mass is 281 g/mol. The van der Waals surface area contributed by atoms with E-state index in [0.29, 0.717) is 0 Å². The molecule has 0 spiro atoms. The number of thioether (sulfide) groups is 1. The predicted molar refractivity (Wildman–Crippen MR) is 79.4 cm³/mol. The molecule has 3 heteroatoms. The highest BCUT2D eigenvalue weighted by atomic mass is 35.5. The van der Waals surface area contributed by atoms with E-state index in [0.717, 1.165) is 22.9 Å². The number of hydrogen-bond acceptors (Lipinski definition) is 2. The third kappa shape index (κ3) is 3.43. The largest absolute Gasteiger partial charge is 0.310 e. The Kier molecular flexibility index (Phi) is 4.17. The van der Waals surface area contributed by atoms with Gasteiger partial charge in [-0.05, 0) is 43.4 Å². The molecule has 1 nitrogen and oxygen atoms in total. The van der Waals surface area contributed by atoms with Crippen LogP contribution in [0.3, 0.4) is 0 Å². The molecule has 2 fully saturated rings. The molecular weight excluding hydrogens is 262 g/mol. The molecule has 0 heterocycles. The van der Waals surface area contributed by atoms with Crippen LogP contribution in [0.15, 0.2) is 23.1 Å². The summed E-state index contributed by atoms with van der Waals surface area (Å²) in [6, 6.07) is 7.32. The molecule has 1 N–H and O–H groups in total. The van der Waals surface area contributed by atoms with Crippen LogP contribution in [-0.2, 0) is 6.54 Å². The lowest BCUT2D eigenvalue weighted by atomic mass is 10.2. The first kappa shape index (κ1) is 12.8. The Morgan fingerprint density at radius 1 is 1.17 bits per heavy atom. The van der Waals surface area contributed by atoms with Gasteiger partial charge in [0.15, 0.2) is 0 Å². The van der Waals surface area contributed by atoms with Crippen molar-refractivity contribution in [2.75, 3.05) is 0 Å². The zero-order valence-corrected chi connectivity index (χ0v) is 12.2. The van der Waals surface area contributed by atoms with E-state index < -0.39 is 0 Å². The van der Waals surface area contributed by atoms with Crippen LogP contribution in [0.25, 0.3) is 0 Å². The average molecular weight is 282 g/mol. The summed E-state index contributed by atoms with van der Waals surface area (Å²) < 4.78 is 0. The zero-order valence-electron chi connectivity index (χ0n) is 10.6. The quantitative estimate of drug-likeness (QED) is 0.845. The highest BCUT2D eigenvalue weighted by Crippen LogP contribution is 2.36. The van der Waals surface area contributed by atoms with E-state index in [2.05, 4.69) is 23.5 Å². The van der Waals surface area contributed by atoms with Crippen molar-refractivity contribution in [3.63, 3.8) is 0 Å². The van der Waals surface area contributed by atoms with Crippen molar-refractivity contribution >= 4 is 23.4 Å².